The monoisotopic (exact) mass is 377 g/mol. The molecule has 2 atom stereocenters. The van der Waals surface area contributed by atoms with Crippen molar-refractivity contribution in [3.63, 3.8) is 0 Å². The average molecular weight is 377 g/mol. The lowest BCUT2D eigenvalue weighted by atomic mass is 9.95. The first-order valence-corrected chi connectivity index (χ1v) is 10.2. The van der Waals surface area contributed by atoms with E-state index in [-0.39, 0.29) is 42.2 Å². The van der Waals surface area contributed by atoms with E-state index < -0.39 is 0 Å². The number of nitrogens with zero attached hydrogens (tertiary/aromatic N) is 2. The highest BCUT2D eigenvalue weighted by atomic mass is 16.5. The van der Waals surface area contributed by atoms with Crippen LogP contribution in [0.15, 0.2) is 6.20 Å². The molecule has 27 heavy (non-hydrogen) atoms. The van der Waals surface area contributed by atoms with Crippen LogP contribution in [-0.2, 0) is 0 Å². The van der Waals surface area contributed by atoms with Crippen LogP contribution in [0.25, 0.3) is 0 Å². The Morgan fingerprint density at radius 3 is 2.63 bits per heavy atom. The summed E-state index contributed by atoms with van der Waals surface area (Å²) in [6, 6.07) is 0.311. The van der Waals surface area contributed by atoms with Crippen molar-refractivity contribution in [1.82, 2.24) is 15.3 Å². The van der Waals surface area contributed by atoms with Gasteiger partial charge in [0.05, 0.1) is 18.4 Å². The summed E-state index contributed by atoms with van der Waals surface area (Å²) < 4.78 is 11.5. The molecule has 2 aliphatic carbocycles. The minimum absolute atomic E-state index is 0.0465. The van der Waals surface area contributed by atoms with Crippen LogP contribution in [0.2, 0.25) is 0 Å². The molecule has 2 saturated carbocycles. The summed E-state index contributed by atoms with van der Waals surface area (Å²) in [6.07, 6.45) is 9.72. The number of amides is 1. The Bertz CT molecular complexity index is 634. The SMILES string of the molecule is CC(C)Oc1nc(OC2CCC2)ncc1C(=O)N[C@@H]1CCCC[C@H](O)CC1. The standard InChI is InChI=1S/C20H31N3O4/c1-13(2)26-19-17(12-21-20(23-19)27-16-8-5-9-16)18(25)22-14-6-3-4-7-15(24)11-10-14/h12-16,24H,3-11H2,1-2H3,(H,22,25)/t14-,15+/m1/s1. The highest BCUT2D eigenvalue weighted by Gasteiger charge is 2.24. The Morgan fingerprint density at radius 1 is 1.15 bits per heavy atom. The van der Waals surface area contributed by atoms with Crippen LogP contribution in [0, 0.1) is 0 Å². The maximum absolute atomic E-state index is 12.8. The van der Waals surface area contributed by atoms with Gasteiger partial charge >= 0.3 is 6.01 Å². The molecule has 2 fully saturated rings. The molecule has 0 radical (unpaired) electrons. The van der Waals surface area contributed by atoms with E-state index in [0.717, 1.165) is 51.4 Å². The maximum Gasteiger partial charge on any atom is 0.319 e. The van der Waals surface area contributed by atoms with Crippen LogP contribution in [0.1, 0.15) is 82.0 Å². The zero-order valence-corrected chi connectivity index (χ0v) is 16.3. The fourth-order valence-electron chi connectivity index (χ4n) is 3.37. The fraction of sp³-hybridized carbons (Fsp3) is 0.750. The number of rotatable bonds is 6. The van der Waals surface area contributed by atoms with Crippen molar-refractivity contribution >= 4 is 5.91 Å². The van der Waals surface area contributed by atoms with Crippen LogP contribution >= 0.6 is 0 Å². The van der Waals surface area contributed by atoms with Gasteiger partial charge in [-0.3, -0.25) is 4.79 Å². The lowest BCUT2D eigenvalue weighted by Gasteiger charge is -2.25. The number of carbonyl (C=O) groups is 1. The smallest absolute Gasteiger partial charge is 0.319 e. The predicted molar refractivity (Wildman–Crippen MR) is 101 cm³/mol. The molecule has 0 bridgehead atoms. The molecular formula is C20H31N3O4. The molecule has 7 heteroatoms. The number of aromatic nitrogens is 2. The minimum atomic E-state index is -0.268. The summed E-state index contributed by atoms with van der Waals surface area (Å²) in [6.45, 7) is 3.79. The molecule has 0 aliphatic heterocycles. The van der Waals surface area contributed by atoms with Gasteiger partial charge in [-0.1, -0.05) is 12.8 Å². The summed E-state index contributed by atoms with van der Waals surface area (Å²) in [5, 5.41) is 13.0. The van der Waals surface area contributed by atoms with Crippen LogP contribution in [-0.4, -0.2) is 45.3 Å². The van der Waals surface area contributed by atoms with E-state index in [2.05, 4.69) is 15.3 Å². The van der Waals surface area contributed by atoms with Crippen molar-refractivity contribution in [3.8, 4) is 11.9 Å². The molecule has 0 unspecified atom stereocenters. The predicted octanol–water partition coefficient (Wildman–Crippen LogP) is 3.01. The van der Waals surface area contributed by atoms with Gasteiger partial charge in [-0.05, 0) is 58.8 Å². The summed E-state index contributed by atoms with van der Waals surface area (Å²) in [7, 11) is 0. The summed E-state index contributed by atoms with van der Waals surface area (Å²) >= 11 is 0. The number of hydrogen-bond donors (Lipinski definition) is 2. The lowest BCUT2D eigenvalue weighted by molar-refractivity contribution is 0.0897. The Morgan fingerprint density at radius 2 is 1.93 bits per heavy atom. The normalized spacial score (nSPS) is 23.9. The number of aliphatic hydroxyl groups excluding tert-OH is 1. The van der Waals surface area contributed by atoms with Gasteiger partial charge in [0.25, 0.3) is 5.91 Å². The average Bonchev–Trinajstić information content (AvgIpc) is 2.57. The number of carbonyl (C=O) groups excluding carboxylic acids is 1. The van der Waals surface area contributed by atoms with Crippen LogP contribution < -0.4 is 14.8 Å². The van der Waals surface area contributed by atoms with E-state index in [1.807, 2.05) is 13.8 Å². The number of ether oxygens (including phenoxy) is 2. The molecule has 0 aromatic carbocycles. The molecule has 2 N–H and O–H groups in total. The number of hydrogen-bond acceptors (Lipinski definition) is 6. The summed E-state index contributed by atoms with van der Waals surface area (Å²) in [5.74, 6) is 0.0265. The Kier molecular flexibility index (Phi) is 6.88. The third-order valence-corrected chi connectivity index (χ3v) is 5.17. The summed E-state index contributed by atoms with van der Waals surface area (Å²) in [5.41, 5.74) is 0.326. The second-order valence-corrected chi connectivity index (χ2v) is 7.89. The molecule has 1 heterocycles. The molecule has 3 rings (SSSR count). The Labute approximate surface area is 160 Å². The van der Waals surface area contributed by atoms with Gasteiger partial charge in [0, 0.05) is 6.04 Å². The van der Waals surface area contributed by atoms with Crippen molar-refractivity contribution < 1.29 is 19.4 Å². The van der Waals surface area contributed by atoms with Gasteiger partial charge in [0.1, 0.15) is 11.7 Å². The molecule has 2 aliphatic rings. The molecule has 150 valence electrons. The largest absolute Gasteiger partial charge is 0.474 e. The van der Waals surface area contributed by atoms with Crippen molar-refractivity contribution in [1.29, 1.82) is 0 Å². The van der Waals surface area contributed by atoms with Crippen molar-refractivity contribution in [3.05, 3.63) is 11.8 Å². The maximum atomic E-state index is 12.8. The number of nitrogens with one attached hydrogen (secondary N) is 1. The molecule has 1 amide bonds. The highest BCUT2D eigenvalue weighted by molar-refractivity contribution is 5.96. The van der Waals surface area contributed by atoms with E-state index >= 15 is 0 Å². The van der Waals surface area contributed by atoms with Crippen molar-refractivity contribution in [2.75, 3.05) is 0 Å². The number of aliphatic hydroxyl groups is 1. The first-order valence-electron chi connectivity index (χ1n) is 10.2. The van der Waals surface area contributed by atoms with Gasteiger partial charge in [0.15, 0.2) is 0 Å². The molecular weight excluding hydrogens is 346 g/mol. The first kappa shape index (κ1) is 19.9. The van der Waals surface area contributed by atoms with Crippen LogP contribution in [0.3, 0.4) is 0 Å². The Balaban J connectivity index is 1.69. The second kappa shape index (κ2) is 9.35. The van der Waals surface area contributed by atoms with Crippen LogP contribution in [0.4, 0.5) is 0 Å². The molecule has 0 saturated heterocycles. The zero-order chi connectivity index (χ0) is 19.2. The molecule has 1 aromatic rings. The quantitative estimate of drug-likeness (QED) is 0.791. The van der Waals surface area contributed by atoms with E-state index in [9.17, 15) is 9.90 Å². The van der Waals surface area contributed by atoms with E-state index in [4.69, 9.17) is 9.47 Å². The summed E-state index contributed by atoms with van der Waals surface area (Å²) in [4.78, 5) is 21.4. The van der Waals surface area contributed by atoms with Gasteiger partial charge in [-0.25, -0.2) is 4.98 Å². The van der Waals surface area contributed by atoms with Crippen LogP contribution in [0.5, 0.6) is 11.9 Å². The van der Waals surface area contributed by atoms with Gasteiger partial charge in [-0.15, -0.1) is 0 Å². The lowest BCUT2D eigenvalue weighted by Crippen LogP contribution is -2.37. The van der Waals surface area contributed by atoms with Gasteiger partial charge in [0.2, 0.25) is 5.88 Å². The zero-order valence-electron chi connectivity index (χ0n) is 16.3. The topological polar surface area (TPSA) is 93.6 Å². The molecule has 0 spiro atoms. The van der Waals surface area contributed by atoms with E-state index in [1.54, 1.807) is 0 Å². The van der Waals surface area contributed by atoms with Gasteiger partial charge < -0.3 is 19.9 Å². The van der Waals surface area contributed by atoms with E-state index in [1.165, 1.54) is 6.20 Å². The van der Waals surface area contributed by atoms with Crippen molar-refractivity contribution in [2.45, 2.75) is 96.0 Å². The van der Waals surface area contributed by atoms with Gasteiger partial charge in [-0.2, -0.15) is 4.98 Å². The van der Waals surface area contributed by atoms with Crippen molar-refractivity contribution in [2.24, 2.45) is 0 Å². The first-order chi connectivity index (χ1) is 13.0. The molecule has 1 aromatic heterocycles. The highest BCUT2D eigenvalue weighted by Crippen LogP contribution is 2.26. The Hall–Kier alpha value is -1.89. The minimum Gasteiger partial charge on any atom is -0.474 e. The second-order valence-electron chi connectivity index (χ2n) is 7.89. The van der Waals surface area contributed by atoms with E-state index in [0.29, 0.717) is 12.0 Å². The fourth-order valence-corrected chi connectivity index (χ4v) is 3.37. The molecule has 7 nitrogen and oxygen atoms in total. The third kappa shape index (κ3) is 5.79. The third-order valence-electron chi connectivity index (χ3n) is 5.17.